The van der Waals surface area contributed by atoms with E-state index in [9.17, 15) is 9.90 Å². The van der Waals surface area contributed by atoms with Crippen molar-refractivity contribution >= 4 is 23.2 Å². The van der Waals surface area contributed by atoms with Crippen molar-refractivity contribution in [2.75, 3.05) is 31.6 Å². The number of amides is 1. The molecule has 23 heavy (non-hydrogen) atoms. The summed E-state index contributed by atoms with van der Waals surface area (Å²) in [5, 5.41) is 12.8. The van der Waals surface area contributed by atoms with Crippen molar-refractivity contribution in [2.45, 2.75) is 18.9 Å². The van der Waals surface area contributed by atoms with E-state index in [1.54, 1.807) is 30.4 Å². The average Bonchev–Trinajstić information content (AvgIpc) is 3.14. The highest BCUT2D eigenvalue weighted by atomic mass is 32.1. The molecule has 1 N–H and O–H groups in total. The van der Waals surface area contributed by atoms with Gasteiger partial charge < -0.3 is 14.9 Å². The van der Waals surface area contributed by atoms with Crippen molar-refractivity contribution < 1.29 is 9.90 Å². The Hall–Kier alpha value is -1.99. The van der Waals surface area contributed by atoms with E-state index in [-0.39, 0.29) is 5.91 Å². The number of rotatable bonds is 4. The second-order valence-corrected chi connectivity index (χ2v) is 7.01. The first-order valence-electron chi connectivity index (χ1n) is 7.52. The Morgan fingerprint density at radius 1 is 1.48 bits per heavy atom. The molecule has 1 fully saturated rings. The fraction of sp³-hybridized carbons (Fsp3) is 0.438. The molecule has 1 atom stereocenters. The van der Waals surface area contributed by atoms with Gasteiger partial charge in [0.25, 0.3) is 5.91 Å². The summed E-state index contributed by atoms with van der Waals surface area (Å²) in [7, 11) is 1.73. The Bertz CT molecular complexity index is 690. The lowest BCUT2D eigenvalue weighted by atomic mass is 10.0. The van der Waals surface area contributed by atoms with Crippen LogP contribution < -0.4 is 4.90 Å². The number of likely N-dealkylation sites (N-methyl/N-ethyl adjacent to an activating group) is 1. The van der Waals surface area contributed by atoms with Crippen molar-refractivity contribution in [1.29, 1.82) is 0 Å². The quantitative estimate of drug-likeness (QED) is 0.920. The van der Waals surface area contributed by atoms with Crippen LogP contribution in [0.2, 0.25) is 0 Å². The van der Waals surface area contributed by atoms with Crippen molar-refractivity contribution in [3.8, 4) is 0 Å². The molecule has 122 valence electrons. The lowest BCUT2D eigenvalue weighted by Crippen LogP contribution is -2.45. The van der Waals surface area contributed by atoms with E-state index >= 15 is 0 Å². The van der Waals surface area contributed by atoms with Gasteiger partial charge in [0.1, 0.15) is 5.60 Å². The predicted octanol–water partition coefficient (Wildman–Crippen LogP) is 1.56. The molecule has 0 saturated carbocycles. The monoisotopic (exact) mass is 332 g/mol. The molecule has 1 aliphatic rings. The molecular weight excluding hydrogens is 312 g/mol. The van der Waals surface area contributed by atoms with E-state index in [2.05, 4.69) is 9.97 Å². The predicted molar refractivity (Wildman–Crippen MR) is 89.8 cm³/mol. The number of anilines is 1. The highest BCUT2D eigenvalue weighted by molar-refractivity contribution is 7.12. The topological polar surface area (TPSA) is 69.6 Å². The summed E-state index contributed by atoms with van der Waals surface area (Å²) in [6.45, 7) is 3.38. The van der Waals surface area contributed by atoms with Gasteiger partial charge in [-0.15, -0.1) is 11.3 Å². The van der Waals surface area contributed by atoms with Crippen LogP contribution in [0.3, 0.4) is 0 Å². The third kappa shape index (κ3) is 3.51. The Balaban J connectivity index is 1.64. The summed E-state index contributed by atoms with van der Waals surface area (Å²) in [6.07, 6.45) is 3.97. The molecule has 1 saturated heterocycles. The number of carbonyl (C=O) groups is 1. The fourth-order valence-electron chi connectivity index (χ4n) is 2.86. The Morgan fingerprint density at radius 3 is 2.87 bits per heavy atom. The van der Waals surface area contributed by atoms with Crippen LogP contribution in [0.25, 0.3) is 0 Å². The normalized spacial score (nSPS) is 20.7. The Morgan fingerprint density at radius 2 is 2.22 bits per heavy atom. The van der Waals surface area contributed by atoms with Gasteiger partial charge in [-0.2, -0.15) is 0 Å². The summed E-state index contributed by atoms with van der Waals surface area (Å²) >= 11 is 1.44. The van der Waals surface area contributed by atoms with Gasteiger partial charge in [-0.3, -0.25) is 4.79 Å². The lowest BCUT2D eigenvalue weighted by Gasteiger charge is -2.28. The zero-order valence-corrected chi connectivity index (χ0v) is 14.1. The molecule has 0 radical (unpaired) electrons. The van der Waals surface area contributed by atoms with E-state index in [0.29, 0.717) is 36.9 Å². The first-order chi connectivity index (χ1) is 11.0. The smallest absolute Gasteiger partial charge is 0.263 e. The first kappa shape index (κ1) is 15.9. The van der Waals surface area contributed by atoms with Crippen LogP contribution in [-0.4, -0.2) is 58.2 Å². The van der Waals surface area contributed by atoms with Gasteiger partial charge in [0.15, 0.2) is 0 Å². The molecule has 0 aliphatic carbocycles. The van der Waals surface area contributed by atoms with Crippen LogP contribution in [0.1, 0.15) is 21.7 Å². The maximum atomic E-state index is 12.4. The van der Waals surface area contributed by atoms with Crippen LogP contribution in [0, 0.1) is 6.92 Å². The van der Waals surface area contributed by atoms with E-state index in [4.69, 9.17) is 0 Å². The summed E-state index contributed by atoms with van der Waals surface area (Å²) in [4.78, 5) is 25.1. The van der Waals surface area contributed by atoms with Crippen molar-refractivity contribution in [3.63, 3.8) is 0 Å². The molecule has 0 aromatic carbocycles. The van der Waals surface area contributed by atoms with Gasteiger partial charge in [-0.1, -0.05) is 0 Å². The third-order valence-electron chi connectivity index (χ3n) is 3.99. The zero-order chi connectivity index (χ0) is 16.4. The maximum Gasteiger partial charge on any atom is 0.263 e. The molecule has 7 heteroatoms. The molecule has 2 aromatic heterocycles. The van der Waals surface area contributed by atoms with Gasteiger partial charge in [0.05, 0.1) is 18.0 Å². The van der Waals surface area contributed by atoms with Crippen molar-refractivity contribution in [1.82, 2.24) is 14.9 Å². The Kier molecular flexibility index (Phi) is 4.32. The number of aromatic nitrogens is 2. The summed E-state index contributed by atoms with van der Waals surface area (Å²) < 4.78 is 0. The van der Waals surface area contributed by atoms with Crippen LogP contribution in [0.15, 0.2) is 29.9 Å². The third-order valence-corrected chi connectivity index (χ3v) is 5.02. The number of nitrogens with zero attached hydrogens (tertiary/aromatic N) is 4. The van der Waals surface area contributed by atoms with E-state index < -0.39 is 5.60 Å². The number of hydrogen-bond acceptors (Lipinski definition) is 6. The molecule has 3 heterocycles. The van der Waals surface area contributed by atoms with Crippen molar-refractivity contribution in [2.24, 2.45) is 0 Å². The minimum Gasteiger partial charge on any atom is -0.386 e. The largest absolute Gasteiger partial charge is 0.386 e. The van der Waals surface area contributed by atoms with E-state index in [0.717, 1.165) is 5.56 Å². The summed E-state index contributed by atoms with van der Waals surface area (Å²) in [5.41, 5.74) is 0.148. The van der Waals surface area contributed by atoms with E-state index in [1.807, 2.05) is 23.3 Å². The van der Waals surface area contributed by atoms with Gasteiger partial charge in [0, 0.05) is 26.0 Å². The average molecular weight is 332 g/mol. The number of β-amino-alcohol motifs (C(OH)–C–C–N with tert-alkyl or cyclic N) is 1. The van der Waals surface area contributed by atoms with Gasteiger partial charge in [-0.25, -0.2) is 9.97 Å². The van der Waals surface area contributed by atoms with Crippen molar-refractivity contribution in [3.05, 3.63) is 40.3 Å². The molecule has 0 bridgehead atoms. The molecule has 6 nitrogen and oxygen atoms in total. The SMILES string of the molecule is Cc1csc(C(=O)N(C)CC2(O)CCN(c3ncccn3)C2)c1. The lowest BCUT2D eigenvalue weighted by molar-refractivity contribution is 0.0266. The standard InChI is InChI=1S/C16H20N4O2S/c1-12-8-13(23-9-12)14(21)19(2)10-16(22)4-7-20(11-16)15-17-5-3-6-18-15/h3,5-6,8-9,22H,4,7,10-11H2,1-2H3. The first-order valence-corrected chi connectivity index (χ1v) is 8.40. The second kappa shape index (κ2) is 6.25. The van der Waals surface area contributed by atoms with Crippen LogP contribution in [0.5, 0.6) is 0 Å². The van der Waals surface area contributed by atoms with Gasteiger partial charge in [0.2, 0.25) is 5.95 Å². The van der Waals surface area contributed by atoms with E-state index in [1.165, 1.54) is 11.3 Å². The number of aliphatic hydroxyl groups is 1. The molecule has 1 unspecified atom stereocenters. The number of aryl methyl sites for hydroxylation is 1. The molecule has 2 aromatic rings. The van der Waals surface area contributed by atoms with Crippen LogP contribution >= 0.6 is 11.3 Å². The molecule has 3 rings (SSSR count). The highest BCUT2D eigenvalue weighted by Crippen LogP contribution is 2.26. The van der Waals surface area contributed by atoms with Crippen LogP contribution in [-0.2, 0) is 0 Å². The number of carbonyl (C=O) groups excluding carboxylic acids is 1. The molecule has 1 aliphatic heterocycles. The molecule has 1 amide bonds. The maximum absolute atomic E-state index is 12.4. The fourth-order valence-corrected chi connectivity index (χ4v) is 3.75. The highest BCUT2D eigenvalue weighted by Gasteiger charge is 2.39. The van der Waals surface area contributed by atoms with Crippen LogP contribution in [0.4, 0.5) is 5.95 Å². The molecular formula is C16H20N4O2S. The number of thiophene rings is 1. The minimum atomic E-state index is -0.935. The van der Waals surface area contributed by atoms with Gasteiger partial charge in [-0.05, 0) is 36.4 Å². The second-order valence-electron chi connectivity index (χ2n) is 6.09. The Labute approximate surface area is 139 Å². The number of hydrogen-bond donors (Lipinski definition) is 1. The van der Waals surface area contributed by atoms with Gasteiger partial charge >= 0.3 is 0 Å². The summed E-state index contributed by atoms with van der Waals surface area (Å²) in [6, 6.07) is 3.65. The summed E-state index contributed by atoms with van der Waals surface area (Å²) in [5.74, 6) is 0.567. The molecule has 0 spiro atoms. The zero-order valence-electron chi connectivity index (χ0n) is 13.3. The minimum absolute atomic E-state index is 0.0501.